The number of carboxylic acid groups (broad SMARTS) is 1. The number of aliphatic carboxylic acids is 1. The SMILES string of the molecule is CCCCC(CC(=O)O)NC(=O)c1cc(O)n(-c2cc(C)ccc2C)n1. The Hall–Kier alpha value is -2.83. The molecule has 0 bridgehead atoms. The highest BCUT2D eigenvalue weighted by molar-refractivity contribution is 5.93. The van der Waals surface area contributed by atoms with Crippen molar-refractivity contribution in [3.8, 4) is 11.6 Å². The van der Waals surface area contributed by atoms with Crippen molar-refractivity contribution < 1.29 is 19.8 Å². The molecule has 3 N–H and O–H groups in total. The summed E-state index contributed by atoms with van der Waals surface area (Å²) in [5.74, 6) is -1.60. The van der Waals surface area contributed by atoms with Gasteiger partial charge in [0, 0.05) is 12.1 Å². The molecule has 0 aliphatic carbocycles. The van der Waals surface area contributed by atoms with Gasteiger partial charge in [0.25, 0.3) is 5.91 Å². The van der Waals surface area contributed by atoms with Crippen LogP contribution in [0.4, 0.5) is 0 Å². The van der Waals surface area contributed by atoms with Gasteiger partial charge in [-0.15, -0.1) is 0 Å². The average Bonchev–Trinajstić information content (AvgIpc) is 2.96. The fourth-order valence-electron chi connectivity index (χ4n) is 2.75. The van der Waals surface area contributed by atoms with Gasteiger partial charge in [0.1, 0.15) is 0 Å². The second kappa shape index (κ2) is 8.51. The number of amides is 1. The number of aromatic nitrogens is 2. The number of carboxylic acids is 1. The highest BCUT2D eigenvalue weighted by atomic mass is 16.4. The molecule has 1 unspecified atom stereocenters. The van der Waals surface area contributed by atoms with E-state index in [2.05, 4.69) is 10.4 Å². The molecule has 1 heterocycles. The first-order chi connectivity index (χ1) is 12.3. The summed E-state index contributed by atoms with van der Waals surface area (Å²) in [5, 5.41) is 26.1. The minimum absolute atomic E-state index is 0.0512. The number of hydrogen-bond donors (Lipinski definition) is 3. The van der Waals surface area contributed by atoms with Gasteiger partial charge in [-0.1, -0.05) is 31.9 Å². The van der Waals surface area contributed by atoms with Gasteiger partial charge in [-0.25, -0.2) is 4.68 Å². The molecular weight excluding hydrogens is 334 g/mol. The summed E-state index contributed by atoms with van der Waals surface area (Å²) in [6.07, 6.45) is 2.17. The van der Waals surface area contributed by atoms with E-state index in [1.165, 1.54) is 10.7 Å². The van der Waals surface area contributed by atoms with E-state index in [1.807, 2.05) is 39.0 Å². The predicted octanol–water partition coefficient (Wildman–Crippen LogP) is 2.96. The smallest absolute Gasteiger partial charge is 0.305 e. The number of nitrogens with zero attached hydrogens (tertiary/aromatic N) is 2. The Morgan fingerprint density at radius 1 is 1.27 bits per heavy atom. The third-order valence-corrected chi connectivity index (χ3v) is 4.18. The van der Waals surface area contributed by atoms with Crippen molar-refractivity contribution in [2.45, 2.75) is 52.5 Å². The summed E-state index contributed by atoms with van der Waals surface area (Å²) in [4.78, 5) is 23.4. The maximum atomic E-state index is 12.5. The third-order valence-electron chi connectivity index (χ3n) is 4.18. The summed E-state index contributed by atoms with van der Waals surface area (Å²) in [7, 11) is 0. The maximum Gasteiger partial charge on any atom is 0.305 e. The van der Waals surface area contributed by atoms with Gasteiger partial charge in [0.2, 0.25) is 5.88 Å². The molecule has 0 spiro atoms. The Kier molecular flexibility index (Phi) is 6.38. The molecule has 1 amide bonds. The van der Waals surface area contributed by atoms with Crippen LogP contribution < -0.4 is 5.32 Å². The average molecular weight is 359 g/mol. The minimum atomic E-state index is -0.963. The lowest BCUT2D eigenvalue weighted by Gasteiger charge is -2.15. The summed E-state index contributed by atoms with van der Waals surface area (Å²) < 4.78 is 1.31. The summed E-state index contributed by atoms with van der Waals surface area (Å²) in [6, 6.07) is 6.57. The molecule has 1 atom stereocenters. The number of unbranched alkanes of at least 4 members (excludes halogenated alkanes) is 1. The van der Waals surface area contributed by atoms with Crippen LogP contribution in [-0.2, 0) is 4.79 Å². The van der Waals surface area contributed by atoms with E-state index in [4.69, 9.17) is 5.11 Å². The summed E-state index contributed by atoms with van der Waals surface area (Å²) in [6.45, 7) is 5.83. The molecule has 1 aromatic heterocycles. The summed E-state index contributed by atoms with van der Waals surface area (Å²) >= 11 is 0. The van der Waals surface area contributed by atoms with E-state index < -0.39 is 17.9 Å². The van der Waals surface area contributed by atoms with Gasteiger partial charge >= 0.3 is 5.97 Å². The highest BCUT2D eigenvalue weighted by Crippen LogP contribution is 2.22. The zero-order valence-electron chi connectivity index (χ0n) is 15.3. The largest absolute Gasteiger partial charge is 0.493 e. The van der Waals surface area contributed by atoms with Crippen LogP contribution in [0.2, 0.25) is 0 Å². The Morgan fingerprint density at radius 2 is 2.00 bits per heavy atom. The summed E-state index contributed by atoms with van der Waals surface area (Å²) in [5.41, 5.74) is 2.66. The number of rotatable bonds is 8. The number of aromatic hydroxyl groups is 1. The fraction of sp³-hybridized carbons (Fsp3) is 0.421. The highest BCUT2D eigenvalue weighted by Gasteiger charge is 2.20. The van der Waals surface area contributed by atoms with Crippen molar-refractivity contribution in [1.82, 2.24) is 15.1 Å². The fourth-order valence-corrected chi connectivity index (χ4v) is 2.75. The number of carbonyl (C=O) groups is 2. The predicted molar refractivity (Wildman–Crippen MR) is 97.7 cm³/mol. The van der Waals surface area contributed by atoms with Crippen molar-refractivity contribution in [1.29, 1.82) is 0 Å². The zero-order chi connectivity index (χ0) is 19.3. The number of aryl methyl sites for hydroxylation is 2. The Labute approximate surface area is 152 Å². The van der Waals surface area contributed by atoms with Crippen LogP contribution in [0.15, 0.2) is 24.3 Å². The number of benzene rings is 1. The molecule has 0 saturated carbocycles. The van der Waals surface area contributed by atoms with Crippen LogP contribution in [0.1, 0.15) is 54.2 Å². The quantitative estimate of drug-likeness (QED) is 0.672. The molecule has 2 rings (SSSR count). The lowest BCUT2D eigenvalue weighted by molar-refractivity contribution is -0.137. The second-order valence-electron chi connectivity index (χ2n) is 6.50. The minimum Gasteiger partial charge on any atom is -0.493 e. The van der Waals surface area contributed by atoms with Crippen LogP contribution in [0.25, 0.3) is 5.69 Å². The first-order valence-corrected chi connectivity index (χ1v) is 8.71. The standard InChI is InChI=1S/C19H25N3O4/c1-4-5-6-14(10-18(24)25)20-19(26)15-11-17(23)22(21-15)16-9-12(2)7-8-13(16)3/h7-9,11,14,23H,4-6,10H2,1-3H3,(H,20,26)(H,24,25). The van der Waals surface area contributed by atoms with Gasteiger partial charge < -0.3 is 15.5 Å². The number of hydrogen-bond acceptors (Lipinski definition) is 4. The van der Waals surface area contributed by atoms with Crippen molar-refractivity contribution >= 4 is 11.9 Å². The number of carbonyl (C=O) groups excluding carboxylic acids is 1. The van der Waals surface area contributed by atoms with Crippen LogP contribution >= 0.6 is 0 Å². The topological polar surface area (TPSA) is 104 Å². The molecule has 1 aromatic carbocycles. The van der Waals surface area contributed by atoms with E-state index >= 15 is 0 Å². The first kappa shape index (κ1) is 19.5. The molecule has 7 heteroatoms. The molecule has 7 nitrogen and oxygen atoms in total. The lowest BCUT2D eigenvalue weighted by atomic mass is 10.1. The Balaban J connectivity index is 2.22. The molecule has 0 fully saturated rings. The van der Waals surface area contributed by atoms with Crippen molar-refractivity contribution in [3.63, 3.8) is 0 Å². The van der Waals surface area contributed by atoms with E-state index in [1.54, 1.807) is 0 Å². The molecule has 0 saturated heterocycles. The van der Waals surface area contributed by atoms with E-state index in [-0.39, 0.29) is 18.0 Å². The lowest BCUT2D eigenvalue weighted by Crippen LogP contribution is -2.36. The van der Waals surface area contributed by atoms with Gasteiger partial charge in [-0.2, -0.15) is 5.10 Å². The molecule has 2 aromatic rings. The Morgan fingerprint density at radius 3 is 2.65 bits per heavy atom. The maximum absolute atomic E-state index is 12.5. The van der Waals surface area contributed by atoms with Gasteiger partial charge in [-0.3, -0.25) is 9.59 Å². The van der Waals surface area contributed by atoms with E-state index in [0.717, 1.165) is 24.0 Å². The zero-order valence-corrected chi connectivity index (χ0v) is 15.3. The molecule has 140 valence electrons. The van der Waals surface area contributed by atoms with E-state index in [9.17, 15) is 14.7 Å². The van der Waals surface area contributed by atoms with Crippen LogP contribution in [0.3, 0.4) is 0 Å². The van der Waals surface area contributed by atoms with Gasteiger partial charge in [0.15, 0.2) is 5.69 Å². The van der Waals surface area contributed by atoms with Crippen molar-refractivity contribution in [2.24, 2.45) is 0 Å². The van der Waals surface area contributed by atoms with Gasteiger partial charge in [-0.05, 0) is 37.5 Å². The van der Waals surface area contributed by atoms with Crippen LogP contribution in [0, 0.1) is 13.8 Å². The van der Waals surface area contributed by atoms with Crippen molar-refractivity contribution in [2.75, 3.05) is 0 Å². The monoisotopic (exact) mass is 359 g/mol. The third kappa shape index (κ3) is 4.84. The second-order valence-corrected chi connectivity index (χ2v) is 6.50. The van der Waals surface area contributed by atoms with Crippen LogP contribution in [-0.4, -0.2) is 37.9 Å². The van der Waals surface area contributed by atoms with Crippen molar-refractivity contribution in [3.05, 3.63) is 41.1 Å². The molecule has 0 aliphatic rings. The molecular formula is C19H25N3O4. The Bertz CT molecular complexity index is 798. The van der Waals surface area contributed by atoms with Crippen LogP contribution in [0.5, 0.6) is 5.88 Å². The van der Waals surface area contributed by atoms with Gasteiger partial charge in [0.05, 0.1) is 12.1 Å². The molecule has 0 radical (unpaired) electrons. The first-order valence-electron chi connectivity index (χ1n) is 8.71. The normalized spacial score (nSPS) is 12.0. The number of nitrogens with one attached hydrogen (secondary N) is 1. The molecule has 0 aliphatic heterocycles. The van der Waals surface area contributed by atoms with E-state index in [0.29, 0.717) is 12.1 Å². The molecule has 26 heavy (non-hydrogen) atoms.